The van der Waals surface area contributed by atoms with Crippen LogP contribution in [0.3, 0.4) is 0 Å². The molecule has 20 heavy (non-hydrogen) atoms. The molecule has 0 aromatic heterocycles. The monoisotopic (exact) mass is 312 g/mol. The molecule has 0 saturated carbocycles. The van der Waals surface area contributed by atoms with E-state index in [0.717, 1.165) is 0 Å². The third-order valence-electron chi connectivity index (χ3n) is 2.20. The molecule has 0 bridgehead atoms. The number of benzene rings is 2. The largest absolute Gasteiger partial charge is 0.478 e. The first-order valence-electron chi connectivity index (χ1n) is 5.38. The molecule has 0 atom stereocenters. The number of rotatable bonds is 2. The Bertz CT molecular complexity index is 609. The van der Waals surface area contributed by atoms with Gasteiger partial charge in [-0.15, -0.1) is 0 Å². The highest BCUT2D eigenvalue weighted by Gasteiger charge is 2.04. The molecule has 0 radical (unpaired) electrons. The van der Waals surface area contributed by atoms with E-state index >= 15 is 0 Å². The van der Waals surface area contributed by atoms with Crippen molar-refractivity contribution in [2.24, 2.45) is 0 Å². The third kappa shape index (κ3) is 4.91. The molecule has 2 aromatic rings. The van der Waals surface area contributed by atoms with Gasteiger partial charge in [-0.25, -0.2) is 9.59 Å². The minimum Gasteiger partial charge on any atom is -0.478 e. The molecule has 2 N–H and O–H groups in total. The van der Waals surface area contributed by atoms with E-state index in [1.165, 1.54) is 18.2 Å². The van der Waals surface area contributed by atoms with Gasteiger partial charge in [-0.3, -0.25) is 0 Å². The fourth-order valence-electron chi connectivity index (χ4n) is 1.23. The van der Waals surface area contributed by atoms with E-state index in [-0.39, 0.29) is 16.1 Å². The van der Waals surface area contributed by atoms with Crippen LogP contribution in [0.15, 0.2) is 48.5 Å². The predicted octanol–water partition coefficient (Wildman–Crippen LogP) is 4.08. The molecule has 0 aliphatic rings. The molecule has 0 aliphatic heterocycles. The van der Waals surface area contributed by atoms with Crippen molar-refractivity contribution in [3.05, 3.63) is 69.7 Å². The molecular weight excluding hydrogens is 303 g/mol. The second-order valence-corrected chi connectivity index (χ2v) is 4.44. The average Bonchev–Trinajstić information content (AvgIpc) is 2.40. The molecule has 0 saturated heterocycles. The van der Waals surface area contributed by atoms with Crippen molar-refractivity contribution in [2.45, 2.75) is 0 Å². The molecular formula is C14H10Cl2O4. The first kappa shape index (κ1) is 16.0. The molecule has 0 spiro atoms. The number of carboxylic acids is 2. The molecule has 4 nitrogen and oxygen atoms in total. The zero-order valence-corrected chi connectivity index (χ0v) is 11.6. The Morgan fingerprint density at radius 1 is 0.800 bits per heavy atom. The highest BCUT2D eigenvalue weighted by atomic mass is 35.5. The fraction of sp³-hybridized carbons (Fsp3) is 0. The minimum absolute atomic E-state index is 0.143. The molecule has 104 valence electrons. The lowest BCUT2D eigenvalue weighted by Crippen LogP contribution is -1.95. The van der Waals surface area contributed by atoms with E-state index in [2.05, 4.69) is 0 Å². The van der Waals surface area contributed by atoms with Crippen molar-refractivity contribution < 1.29 is 19.8 Å². The van der Waals surface area contributed by atoms with Crippen LogP contribution in [-0.4, -0.2) is 22.2 Å². The Morgan fingerprint density at radius 2 is 1.35 bits per heavy atom. The van der Waals surface area contributed by atoms with Gasteiger partial charge in [0, 0.05) is 5.02 Å². The van der Waals surface area contributed by atoms with E-state index in [4.69, 9.17) is 33.4 Å². The number of carboxylic acid groups (broad SMARTS) is 2. The quantitative estimate of drug-likeness (QED) is 0.876. The first-order valence-corrected chi connectivity index (χ1v) is 6.14. The Kier molecular flexibility index (Phi) is 6.03. The van der Waals surface area contributed by atoms with Gasteiger partial charge >= 0.3 is 11.9 Å². The van der Waals surface area contributed by atoms with Gasteiger partial charge in [0.25, 0.3) is 0 Å². The van der Waals surface area contributed by atoms with Crippen LogP contribution in [-0.2, 0) is 0 Å². The maximum absolute atomic E-state index is 10.3. The maximum atomic E-state index is 10.3. The van der Waals surface area contributed by atoms with Crippen LogP contribution >= 0.6 is 23.2 Å². The highest BCUT2D eigenvalue weighted by Crippen LogP contribution is 2.13. The normalized spacial score (nSPS) is 9.30. The Morgan fingerprint density at radius 3 is 1.75 bits per heavy atom. The molecule has 0 unspecified atom stereocenters. The van der Waals surface area contributed by atoms with Gasteiger partial charge in [0.1, 0.15) is 0 Å². The SMILES string of the molecule is O=C(O)c1ccc(Cl)cc1.O=C(O)c1ccccc1Cl. The van der Waals surface area contributed by atoms with Crippen LogP contribution in [0.25, 0.3) is 0 Å². The lowest BCUT2D eigenvalue weighted by Gasteiger charge is -1.94. The third-order valence-corrected chi connectivity index (χ3v) is 2.78. The second-order valence-electron chi connectivity index (χ2n) is 3.60. The summed E-state index contributed by atoms with van der Waals surface area (Å²) in [7, 11) is 0. The van der Waals surface area contributed by atoms with E-state index in [1.807, 2.05) is 0 Å². The molecule has 6 heteroatoms. The van der Waals surface area contributed by atoms with Gasteiger partial charge in [-0.2, -0.15) is 0 Å². The Hall–Kier alpha value is -2.04. The summed E-state index contributed by atoms with van der Waals surface area (Å²) in [5.74, 6) is -1.93. The first-order chi connectivity index (χ1) is 9.41. The average molecular weight is 313 g/mol. The number of hydrogen-bond donors (Lipinski definition) is 2. The molecule has 2 rings (SSSR count). The van der Waals surface area contributed by atoms with Gasteiger partial charge in [-0.05, 0) is 36.4 Å². The van der Waals surface area contributed by atoms with Crippen LogP contribution in [0.2, 0.25) is 10.0 Å². The summed E-state index contributed by atoms with van der Waals surface area (Å²) in [6.45, 7) is 0. The van der Waals surface area contributed by atoms with Crippen molar-refractivity contribution in [1.82, 2.24) is 0 Å². The smallest absolute Gasteiger partial charge is 0.337 e. The van der Waals surface area contributed by atoms with Gasteiger partial charge < -0.3 is 10.2 Å². The van der Waals surface area contributed by atoms with E-state index < -0.39 is 11.9 Å². The van der Waals surface area contributed by atoms with Crippen LogP contribution in [0.4, 0.5) is 0 Å². The Balaban J connectivity index is 0.000000200. The van der Waals surface area contributed by atoms with Crippen LogP contribution in [0.5, 0.6) is 0 Å². The minimum atomic E-state index is -0.995. The summed E-state index contributed by atoms with van der Waals surface area (Å²) in [5, 5.41) is 17.7. The topological polar surface area (TPSA) is 74.6 Å². The van der Waals surface area contributed by atoms with Gasteiger partial charge in [-0.1, -0.05) is 35.3 Å². The number of halogens is 2. The summed E-state index contributed by atoms with van der Waals surface area (Å²) in [4.78, 5) is 20.6. The van der Waals surface area contributed by atoms with Crippen LogP contribution in [0.1, 0.15) is 20.7 Å². The van der Waals surface area contributed by atoms with E-state index in [0.29, 0.717) is 5.02 Å². The maximum Gasteiger partial charge on any atom is 0.337 e. The highest BCUT2D eigenvalue weighted by molar-refractivity contribution is 6.33. The van der Waals surface area contributed by atoms with Gasteiger partial charge in [0.15, 0.2) is 0 Å². The second kappa shape index (κ2) is 7.53. The summed E-state index contributed by atoms with van der Waals surface area (Å²) in [6, 6.07) is 12.4. The van der Waals surface area contributed by atoms with Crippen molar-refractivity contribution in [1.29, 1.82) is 0 Å². The predicted molar refractivity (Wildman–Crippen MR) is 76.8 cm³/mol. The van der Waals surface area contributed by atoms with Gasteiger partial charge in [0.2, 0.25) is 0 Å². The summed E-state index contributed by atoms with van der Waals surface area (Å²) >= 11 is 11.1. The number of carbonyl (C=O) groups is 2. The van der Waals surface area contributed by atoms with Crippen molar-refractivity contribution in [3.63, 3.8) is 0 Å². The van der Waals surface area contributed by atoms with E-state index in [1.54, 1.807) is 30.3 Å². The molecule has 0 amide bonds. The fourth-order valence-corrected chi connectivity index (χ4v) is 1.57. The van der Waals surface area contributed by atoms with Crippen LogP contribution in [0, 0.1) is 0 Å². The molecule has 0 heterocycles. The molecule has 0 aliphatic carbocycles. The van der Waals surface area contributed by atoms with Gasteiger partial charge in [0.05, 0.1) is 16.1 Å². The molecule has 2 aromatic carbocycles. The van der Waals surface area contributed by atoms with E-state index in [9.17, 15) is 9.59 Å². The zero-order valence-electron chi connectivity index (χ0n) is 10.1. The standard InChI is InChI=1S/2C7H5ClO2/c8-6-3-1-5(2-4-6)7(9)10;8-6-4-2-1-3-5(6)7(9)10/h2*1-4H,(H,9,10). The zero-order chi connectivity index (χ0) is 15.1. The lowest BCUT2D eigenvalue weighted by molar-refractivity contribution is 0.0686. The number of hydrogen-bond acceptors (Lipinski definition) is 2. The Labute approximate surface area is 125 Å². The number of aromatic carboxylic acids is 2. The van der Waals surface area contributed by atoms with Crippen molar-refractivity contribution >= 4 is 35.1 Å². The molecule has 0 fully saturated rings. The lowest BCUT2D eigenvalue weighted by atomic mass is 10.2. The van der Waals surface area contributed by atoms with Crippen molar-refractivity contribution in [2.75, 3.05) is 0 Å². The van der Waals surface area contributed by atoms with Crippen LogP contribution < -0.4 is 0 Å². The summed E-state index contributed by atoms with van der Waals surface area (Å²) in [5.41, 5.74) is 0.397. The summed E-state index contributed by atoms with van der Waals surface area (Å²) in [6.07, 6.45) is 0. The summed E-state index contributed by atoms with van der Waals surface area (Å²) < 4.78 is 0. The van der Waals surface area contributed by atoms with Crippen molar-refractivity contribution in [3.8, 4) is 0 Å².